The third-order valence-corrected chi connectivity index (χ3v) is 4.00. The summed E-state index contributed by atoms with van der Waals surface area (Å²) in [4.78, 5) is 12.6. The Labute approximate surface area is 142 Å². The number of aryl methyl sites for hydroxylation is 1. The van der Waals surface area contributed by atoms with Crippen molar-refractivity contribution >= 4 is 17.3 Å². The number of hydrogen-bond donors (Lipinski definition) is 1. The van der Waals surface area contributed by atoms with Crippen molar-refractivity contribution in [2.24, 2.45) is 11.0 Å². The van der Waals surface area contributed by atoms with Crippen LogP contribution in [0.5, 0.6) is 0 Å². The monoisotopic (exact) mass is 348 g/mol. The third kappa shape index (κ3) is 3.28. The number of aliphatic hydroxyl groups is 1. The first-order valence-electron chi connectivity index (χ1n) is 7.58. The van der Waals surface area contributed by atoms with Crippen molar-refractivity contribution < 1.29 is 23.1 Å². The van der Waals surface area contributed by atoms with Crippen molar-refractivity contribution in [2.75, 3.05) is 5.01 Å². The number of nitrogens with zero attached hydrogens (tertiary/aromatic N) is 2. The van der Waals surface area contributed by atoms with E-state index in [2.05, 4.69) is 5.10 Å². The van der Waals surface area contributed by atoms with E-state index in [4.69, 9.17) is 0 Å². The fourth-order valence-corrected chi connectivity index (χ4v) is 2.70. The molecular formula is C18H15F3N2O2. The van der Waals surface area contributed by atoms with Crippen LogP contribution in [0, 0.1) is 12.8 Å². The second kappa shape index (κ2) is 6.33. The van der Waals surface area contributed by atoms with E-state index in [1.807, 2.05) is 6.92 Å². The molecular weight excluding hydrogens is 333 g/mol. The van der Waals surface area contributed by atoms with Gasteiger partial charge >= 0.3 is 6.18 Å². The largest absolute Gasteiger partial charge is 0.432 e. The molecule has 2 atom stereocenters. The van der Waals surface area contributed by atoms with Crippen molar-refractivity contribution in [3.8, 4) is 0 Å². The maximum atomic E-state index is 13.4. The molecule has 0 saturated carbocycles. The Bertz CT molecular complexity index is 801. The fraction of sp³-hybridized carbons (Fsp3) is 0.222. The lowest BCUT2D eigenvalue weighted by molar-refractivity contribution is -0.123. The highest BCUT2D eigenvalue weighted by Gasteiger charge is 2.53. The van der Waals surface area contributed by atoms with Crippen molar-refractivity contribution in [3.63, 3.8) is 0 Å². The van der Waals surface area contributed by atoms with Gasteiger partial charge in [-0.05, 0) is 24.6 Å². The van der Waals surface area contributed by atoms with Gasteiger partial charge in [0.15, 0.2) is 5.71 Å². The number of hydrogen-bond acceptors (Lipinski definition) is 3. The zero-order valence-electron chi connectivity index (χ0n) is 13.2. The van der Waals surface area contributed by atoms with Crippen LogP contribution < -0.4 is 5.01 Å². The highest BCUT2D eigenvalue weighted by Crippen LogP contribution is 2.38. The number of halogens is 3. The summed E-state index contributed by atoms with van der Waals surface area (Å²) >= 11 is 0. The van der Waals surface area contributed by atoms with Crippen LogP contribution in [-0.4, -0.2) is 22.9 Å². The lowest BCUT2D eigenvalue weighted by atomic mass is 9.90. The molecule has 1 aliphatic rings. The van der Waals surface area contributed by atoms with Gasteiger partial charge in [-0.3, -0.25) is 4.79 Å². The van der Waals surface area contributed by atoms with Crippen LogP contribution in [0.15, 0.2) is 59.7 Å². The van der Waals surface area contributed by atoms with Gasteiger partial charge in [0.1, 0.15) is 5.92 Å². The molecule has 0 fully saturated rings. The van der Waals surface area contributed by atoms with E-state index in [1.54, 1.807) is 30.3 Å². The minimum Gasteiger partial charge on any atom is -0.387 e. The Morgan fingerprint density at radius 3 is 2.24 bits per heavy atom. The van der Waals surface area contributed by atoms with E-state index >= 15 is 0 Å². The molecule has 3 rings (SSSR count). The van der Waals surface area contributed by atoms with Crippen LogP contribution in [0.3, 0.4) is 0 Å². The van der Waals surface area contributed by atoms with E-state index in [-0.39, 0.29) is 11.3 Å². The molecule has 0 spiro atoms. The Morgan fingerprint density at radius 1 is 1.08 bits per heavy atom. The number of carbonyl (C=O) groups excluding carboxylic acids is 1. The van der Waals surface area contributed by atoms with E-state index < -0.39 is 29.8 Å². The lowest BCUT2D eigenvalue weighted by Gasteiger charge is -2.20. The van der Waals surface area contributed by atoms with Crippen LogP contribution in [0.4, 0.5) is 18.9 Å². The van der Waals surface area contributed by atoms with E-state index in [1.165, 1.54) is 24.3 Å². The van der Waals surface area contributed by atoms with Crippen molar-refractivity contribution in [1.82, 2.24) is 0 Å². The average molecular weight is 348 g/mol. The maximum absolute atomic E-state index is 13.4. The SMILES string of the molecule is Cc1ccc([C@@H](O)[C@H]2C(=O)N(c3ccccc3)N=C2C(F)(F)F)cc1. The molecule has 0 aliphatic carbocycles. The number of aliphatic hydroxyl groups excluding tert-OH is 1. The number of carbonyl (C=O) groups is 1. The quantitative estimate of drug-likeness (QED) is 0.921. The summed E-state index contributed by atoms with van der Waals surface area (Å²) in [5, 5.41) is 14.6. The van der Waals surface area contributed by atoms with Gasteiger partial charge in [0.25, 0.3) is 5.91 Å². The molecule has 1 N–H and O–H groups in total. The first kappa shape index (κ1) is 17.2. The molecule has 0 radical (unpaired) electrons. The molecule has 0 saturated heterocycles. The zero-order valence-corrected chi connectivity index (χ0v) is 13.2. The molecule has 2 aromatic rings. The highest BCUT2D eigenvalue weighted by molar-refractivity contribution is 6.17. The minimum absolute atomic E-state index is 0.216. The summed E-state index contributed by atoms with van der Waals surface area (Å²) in [5.41, 5.74) is 0.0439. The number of benzene rings is 2. The standard InChI is InChI=1S/C18H15F3N2O2/c1-11-7-9-12(10-8-11)15(24)14-16(18(19,20)21)22-23(17(14)25)13-5-3-2-4-6-13/h2-10,14-15,24H,1H3/t14-,15-/m1/s1. The van der Waals surface area contributed by atoms with Gasteiger partial charge in [-0.2, -0.15) is 23.3 Å². The van der Waals surface area contributed by atoms with Crippen LogP contribution in [0.25, 0.3) is 0 Å². The first-order chi connectivity index (χ1) is 11.8. The fourth-order valence-electron chi connectivity index (χ4n) is 2.70. The van der Waals surface area contributed by atoms with E-state index in [0.717, 1.165) is 5.56 Å². The molecule has 0 bridgehead atoms. The van der Waals surface area contributed by atoms with Gasteiger partial charge < -0.3 is 5.11 Å². The first-order valence-corrected chi connectivity index (χ1v) is 7.58. The summed E-state index contributed by atoms with van der Waals surface area (Å²) < 4.78 is 40.2. The van der Waals surface area contributed by atoms with Crippen molar-refractivity contribution in [2.45, 2.75) is 19.2 Å². The maximum Gasteiger partial charge on any atom is 0.432 e. The van der Waals surface area contributed by atoms with Crippen LogP contribution in [-0.2, 0) is 4.79 Å². The average Bonchev–Trinajstić information content (AvgIpc) is 2.93. The predicted octanol–water partition coefficient (Wildman–Crippen LogP) is 3.61. The molecule has 0 unspecified atom stereocenters. The molecule has 1 amide bonds. The molecule has 1 heterocycles. The number of rotatable bonds is 3. The van der Waals surface area contributed by atoms with E-state index in [9.17, 15) is 23.1 Å². The summed E-state index contributed by atoms with van der Waals surface area (Å²) in [6, 6.07) is 14.2. The van der Waals surface area contributed by atoms with Gasteiger partial charge in [0.2, 0.25) is 0 Å². The third-order valence-electron chi connectivity index (χ3n) is 4.00. The number of amides is 1. The van der Waals surface area contributed by atoms with Gasteiger partial charge in [-0.25, -0.2) is 0 Å². The molecule has 4 nitrogen and oxygen atoms in total. The van der Waals surface area contributed by atoms with Crippen LogP contribution in [0.2, 0.25) is 0 Å². The number of alkyl halides is 3. The molecule has 25 heavy (non-hydrogen) atoms. The molecule has 7 heteroatoms. The van der Waals surface area contributed by atoms with E-state index in [0.29, 0.717) is 5.01 Å². The minimum atomic E-state index is -4.82. The van der Waals surface area contributed by atoms with Gasteiger partial charge in [0.05, 0.1) is 11.8 Å². The summed E-state index contributed by atoms with van der Waals surface area (Å²) in [7, 11) is 0. The van der Waals surface area contributed by atoms with Crippen LogP contribution in [0.1, 0.15) is 17.2 Å². The van der Waals surface area contributed by atoms with Gasteiger partial charge in [-0.1, -0.05) is 48.0 Å². The molecule has 130 valence electrons. The predicted molar refractivity (Wildman–Crippen MR) is 87.0 cm³/mol. The Kier molecular flexibility index (Phi) is 4.34. The summed E-state index contributed by atoms with van der Waals surface area (Å²) in [6.45, 7) is 1.82. The number of hydrazone groups is 1. The van der Waals surface area contributed by atoms with Crippen molar-refractivity contribution in [1.29, 1.82) is 0 Å². The summed E-state index contributed by atoms with van der Waals surface area (Å²) in [6.07, 6.45) is -6.46. The molecule has 1 aliphatic heterocycles. The molecule has 0 aromatic heterocycles. The smallest absolute Gasteiger partial charge is 0.387 e. The Hall–Kier alpha value is -2.67. The Balaban J connectivity index is 2.01. The second-order valence-electron chi connectivity index (χ2n) is 5.80. The zero-order chi connectivity index (χ0) is 18.2. The molecule has 2 aromatic carbocycles. The second-order valence-corrected chi connectivity index (χ2v) is 5.80. The topological polar surface area (TPSA) is 52.9 Å². The van der Waals surface area contributed by atoms with Crippen molar-refractivity contribution in [3.05, 3.63) is 65.7 Å². The normalized spacial score (nSPS) is 19.1. The lowest BCUT2D eigenvalue weighted by Crippen LogP contribution is -2.37. The summed E-state index contributed by atoms with van der Waals surface area (Å²) in [5.74, 6) is -2.71. The van der Waals surface area contributed by atoms with Gasteiger partial charge in [0, 0.05) is 0 Å². The Morgan fingerprint density at radius 2 is 1.68 bits per heavy atom. The highest BCUT2D eigenvalue weighted by atomic mass is 19.4. The number of anilines is 1. The number of para-hydroxylation sites is 1. The van der Waals surface area contributed by atoms with Gasteiger partial charge in [-0.15, -0.1) is 0 Å². The van der Waals surface area contributed by atoms with Crippen LogP contribution >= 0.6 is 0 Å².